The highest BCUT2D eigenvalue weighted by atomic mass is 35.5. The van der Waals surface area contributed by atoms with Gasteiger partial charge in [-0.25, -0.2) is 4.79 Å². The van der Waals surface area contributed by atoms with Gasteiger partial charge in [0.15, 0.2) is 0 Å². The Morgan fingerprint density at radius 2 is 1.69 bits per heavy atom. The molecule has 0 unspecified atom stereocenters. The molecule has 1 heterocycles. The molecule has 158 valence electrons. The number of ether oxygens (including phenoxy) is 3. The normalized spacial score (nSPS) is 13.0. The molecule has 6 nitrogen and oxygen atoms in total. The largest absolute Gasteiger partial charge is 0.494 e. The van der Waals surface area contributed by atoms with E-state index in [9.17, 15) is 4.79 Å². The van der Waals surface area contributed by atoms with Crippen LogP contribution in [0.15, 0.2) is 54.6 Å². The fraction of sp³-hybridized carbons (Fsp3) is 0.409. The van der Waals surface area contributed by atoms with Crippen molar-refractivity contribution < 1.29 is 19.0 Å². The third kappa shape index (κ3) is 8.62. The summed E-state index contributed by atoms with van der Waals surface area (Å²) in [6.07, 6.45) is 2.73. The molecule has 1 saturated heterocycles. The van der Waals surface area contributed by atoms with Crippen LogP contribution < -0.4 is 20.1 Å². The maximum atomic E-state index is 11.6. The van der Waals surface area contributed by atoms with Crippen molar-refractivity contribution in [2.45, 2.75) is 32.0 Å². The summed E-state index contributed by atoms with van der Waals surface area (Å²) < 4.78 is 16.7. The van der Waals surface area contributed by atoms with Gasteiger partial charge < -0.3 is 24.8 Å². The Morgan fingerprint density at radius 3 is 2.38 bits per heavy atom. The van der Waals surface area contributed by atoms with E-state index in [-0.39, 0.29) is 24.6 Å². The Labute approximate surface area is 178 Å². The second-order valence-corrected chi connectivity index (χ2v) is 6.77. The third-order valence-electron chi connectivity index (χ3n) is 4.44. The molecular weight excluding hydrogens is 392 g/mol. The fourth-order valence-electron chi connectivity index (χ4n) is 2.71. The Bertz CT molecular complexity index is 709. The fourth-order valence-corrected chi connectivity index (χ4v) is 2.71. The highest BCUT2D eigenvalue weighted by molar-refractivity contribution is 5.85. The molecule has 1 amide bonds. The SMILES string of the molecule is Cl.O=C(NCCCCCOc1ccc(OC2CNC2)cc1)OCc1ccccc1. The molecule has 2 aromatic rings. The first-order chi connectivity index (χ1) is 13.8. The van der Waals surface area contributed by atoms with Gasteiger partial charge >= 0.3 is 6.09 Å². The van der Waals surface area contributed by atoms with Crippen molar-refractivity contribution in [3.05, 3.63) is 60.2 Å². The van der Waals surface area contributed by atoms with E-state index in [4.69, 9.17) is 14.2 Å². The van der Waals surface area contributed by atoms with Crippen LogP contribution in [0, 0.1) is 0 Å². The van der Waals surface area contributed by atoms with Crippen LogP contribution in [0.1, 0.15) is 24.8 Å². The third-order valence-corrected chi connectivity index (χ3v) is 4.44. The predicted molar refractivity (Wildman–Crippen MR) is 115 cm³/mol. The van der Waals surface area contributed by atoms with Gasteiger partial charge in [-0.15, -0.1) is 12.4 Å². The average Bonchev–Trinajstić information content (AvgIpc) is 2.70. The number of carbonyl (C=O) groups excluding carboxylic acids is 1. The van der Waals surface area contributed by atoms with Crippen molar-refractivity contribution in [1.29, 1.82) is 0 Å². The summed E-state index contributed by atoms with van der Waals surface area (Å²) in [7, 11) is 0. The minimum absolute atomic E-state index is 0. The molecular formula is C22H29ClN2O4. The van der Waals surface area contributed by atoms with Crippen molar-refractivity contribution in [3.8, 4) is 11.5 Å². The van der Waals surface area contributed by atoms with Crippen molar-refractivity contribution in [2.24, 2.45) is 0 Å². The number of carbonyl (C=O) groups is 1. The number of nitrogens with one attached hydrogen (secondary N) is 2. The summed E-state index contributed by atoms with van der Waals surface area (Å²) in [5, 5.41) is 5.95. The average molecular weight is 421 g/mol. The van der Waals surface area contributed by atoms with E-state index in [1.165, 1.54) is 0 Å². The topological polar surface area (TPSA) is 68.8 Å². The maximum Gasteiger partial charge on any atom is 0.407 e. The molecule has 7 heteroatoms. The lowest BCUT2D eigenvalue weighted by atomic mass is 10.2. The molecule has 0 aliphatic carbocycles. The maximum absolute atomic E-state index is 11.6. The molecule has 0 bridgehead atoms. The van der Waals surface area contributed by atoms with E-state index in [0.717, 1.165) is 49.4 Å². The van der Waals surface area contributed by atoms with Crippen LogP contribution in [-0.4, -0.2) is 38.4 Å². The first-order valence-corrected chi connectivity index (χ1v) is 9.84. The van der Waals surface area contributed by atoms with E-state index >= 15 is 0 Å². The minimum Gasteiger partial charge on any atom is -0.494 e. The van der Waals surface area contributed by atoms with E-state index in [0.29, 0.717) is 19.8 Å². The minimum atomic E-state index is -0.375. The molecule has 0 radical (unpaired) electrons. The number of benzene rings is 2. The number of halogens is 1. The van der Waals surface area contributed by atoms with Gasteiger partial charge in [-0.1, -0.05) is 30.3 Å². The van der Waals surface area contributed by atoms with Crippen molar-refractivity contribution >= 4 is 18.5 Å². The van der Waals surface area contributed by atoms with Gasteiger partial charge in [0.05, 0.1) is 6.61 Å². The summed E-state index contributed by atoms with van der Waals surface area (Å²) >= 11 is 0. The zero-order valence-electron chi connectivity index (χ0n) is 16.5. The van der Waals surface area contributed by atoms with Crippen LogP contribution in [0.3, 0.4) is 0 Å². The predicted octanol–water partition coefficient (Wildman–Crippen LogP) is 3.93. The molecule has 3 rings (SSSR count). The molecule has 1 aliphatic heterocycles. The molecule has 0 saturated carbocycles. The number of hydrogen-bond donors (Lipinski definition) is 2. The Morgan fingerprint density at radius 1 is 0.966 bits per heavy atom. The van der Waals surface area contributed by atoms with Crippen LogP contribution >= 0.6 is 12.4 Å². The number of rotatable bonds is 11. The first kappa shape index (κ1) is 22.8. The number of hydrogen-bond acceptors (Lipinski definition) is 5. The molecule has 0 spiro atoms. The molecule has 2 aromatic carbocycles. The van der Waals surface area contributed by atoms with Gasteiger partial charge in [0.1, 0.15) is 24.2 Å². The summed E-state index contributed by atoms with van der Waals surface area (Å²) in [6, 6.07) is 17.4. The molecule has 0 aromatic heterocycles. The van der Waals surface area contributed by atoms with E-state index in [1.807, 2.05) is 54.6 Å². The van der Waals surface area contributed by atoms with Gasteiger partial charge in [-0.3, -0.25) is 0 Å². The first-order valence-electron chi connectivity index (χ1n) is 9.84. The van der Waals surface area contributed by atoms with Crippen LogP contribution in [0.2, 0.25) is 0 Å². The van der Waals surface area contributed by atoms with Gasteiger partial charge in [0.2, 0.25) is 0 Å². The van der Waals surface area contributed by atoms with E-state index in [2.05, 4.69) is 10.6 Å². The number of amides is 1. The lowest BCUT2D eigenvalue weighted by Gasteiger charge is -2.27. The molecule has 2 N–H and O–H groups in total. The number of alkyl carbamates (subject to hydrolysis) is 1. The second kappa shape index (κ2) is 12.9. The monoisotopic (exact) mass is 420 g/mol. The Hall–Kier alpha value is -2.44. The summed E-state index contributed by atoms with van der Waals surface area (Å²) in [5.41, 5.74) is 0.981. The number of unbranched alkanes of at least 4 members (excludes halogenated alkanes) is 2. The zero-order chi connectivity index (χ0) is 19.4. The summed E-state index contributed by atoms with van der Waals surface area (Å²) in [4.78, 5) is 11.6. The lowest BCUT2D eigenvalue weighted by molar-refractivity contribution is 0.139. The van der Waals surface area contributed by atoms with Crippen molar-refractivity contribution in [2.75, 3.05) is 26.2 Å². The smallest absolute Gasteiger partial charge is 0.407 e. The highest BCUT2D eigenvalue weighted by Gasteiger charge is 2.17. The Kier molecular flexibility index (Phi) is 10.2. The quantitative estimate of drug-likeness (QED) is 0.539. The molecule has 29 heavy (non-hydrogen) atoms. The molecule has 1 fully saturated rings. The summed E-state index contributed by atoms with van der Waals surface area (Å²) in [5.74, 6) is 1.73. The van der Waals surface area contributed by atoms with Crippen LogP contribution in [0.4, 0.5) is 4.79 Å². The van der Waals surface area contributed by atoms with E-state index < -0.39 is 0 Å². The van der Waals surface area contributed by atoms with Crippen molar-refractivity contribution in [3.63, 3.8) is 0 Å². The standard InChI is InChI=1S/C22H28N2O4.ClH/c25-22(27-17-18-7-3-1-4-8-18)24-13-5-2-6-14-26-19-9-11-20(12-10-19)28-21-15-23-16-21;/h1,3-4,7-12,21,23H,2,5-6,13-17H2,(H,24,25);1H. The van der Waals surface area contributed by atoms with E-state index in [1.54, 1.807) is 0 Å². The molecule has 0 atom stereocenters. The van der Waals surface area contributed by atoms with Gasteiger partial charge in [0, 0.05) is 19.6 Å². The molecule has 1 aliphatic rings. The van der Waals surface area contributed by atoms with Crippen LogP contribution in [0.25, 0.3) is 0 Å². The highest BCUT2D eigenvalue weighted by Crippen LogP contribution is 2.19. The van der Waals surface area contributed by atoms with Gasteiger partial charge in [0.25, 0.3) is 0 Å². The summed E-state index contributed by atoms with van der Waals surface area (Å²) in [6.45, 7) is 3.39. The van der Waals surface area contributed by atoms with Crippen LogP contribution in [0.5, 0.6) is 11.5 Å². The zero-order valence-corrected chi connectivity index (χ0v) is 17.3. The second-order valence-electron chi connectivity index (χ2n) is 6.77. The van der Waals surface area contributed by atoms with Crippen molar-refractivity contribution in [1.82, 2.24) is 10.6 Å². The van der Waals surface area contributed by atoms with Crippen LogP contribution in [-0.2, 0) is 11.3 Å². The lowest BCUT2D eigenvalue weighted by Crippen LogP contribution is -2.50. The van der Waals surface area contributed by atoms with Gasteiger partial charge in [-0.05, 0) is 49.1 Å². The van der Waals surface area contributed by atoms with Gasteiger partial charge in [-0.2, -0.15) is 0 Å². The Balaban J connectivity index is 0.00000300.